The van der Waals surface area contributed by atoms with Crippen molar-refractivity contribution in [3.05, 3.63) is 63.6 Å². The maximum atomic E-state index is 13.7. The highest BCUT2D eigenvalue weighted by atomic mass is 79.9. The molecule has 1 atom stereocenters. The number of halogens is 1. The maximum Gasteiger partial charge on any atom is 0.244 e. The number of anilines is 1. The first-order chi connectivity index (χ1) is 16.3. The summed E-state index contributed by atoms with van der Waals surface area (Å²) in [6, 6.07) is 12.1. The predicted octanol–water partition coefficient (Wildman–Crippen LogP) is 4.41. The van der Waals surface area contributed by atoms with Gasteiger partial charge in [-0.3, -0.25) is 13.9 Å². The summed E-state index contributed by atoms with van der Waals surface area (Å²) >= 11 is 3.43. The molecule has 0 saturated carbocycles. The fourth-order valence-electron chi connectivity index (χ4n) is 3.63. The van der Waals surface area contributed by atoms with Gasteiger partial charge in [-0.15, -0.1) is 0 Å². The molecule has 9 heteroatoms. The lowest BCUT2D eigenvalue weighted by Gasteiger charge is -2.33. The van der Waals surface area contributed by atoms with Crippen LogP contribution in [0, 0.1) is 19.8 Å². The molecule has 0 aliphatic heterocycles. The fourth-order valence-corrected chi connectivity index (χ4v) is 4.72. The van der Waals surface area contributed by atoms with Crippen LogP contribution in [0.2, 0.25) is 0 Å². The van der Waals surface area contributed by atoms with Crippen molar-refractivity contribution >= 4 is 43.5 Å². The topological polar surface area (TPSA) is 86.8 Å². The highest BCUT2D eigenvalue weighted by Gasteiger charge is 2.31. The van der Waals surface area contributed by atoms with E-state index in [1.807, 2.05) is 58.9 Å². The lowest BCUT2D eigenvalue weighted by Crippen LogP contribution is -2.52. The van der Waals surface area contributed by atoms with Crippen LogP contribution in [0.4, 0.5) is 5.69 Å². The van der Waals surface area contributed by atoms with Gasteiger partial charge in [0.25, 0.3) is 0 Å². The maximum absolute atomic E-state index is 13.7. The molecule has 0 saturated heterocycles. The Morgan fingerprint density at radius 3 is 2.20 bits per heavy atom. The SMILES string of the molecule is CC[C@H](C(=O)NCC(C)C)N(Cc1ccc(C)cc1)C(=O)CN(c1ccc(Br)c(C)c1)S(C)(=O)=O. The summed E-state index contributed by atoms with van der Waals surface area (Å²) in [7, 11) is -3.76. The second-order valence-corrected chi connectivity index (χ2v) is 12.0. The number of sulfonamides is 1. The van der Waals surface area contributed by atoms with Gasteiger partial charge in [0.05, 0.1) is 11.9 Å². The van der Waals surface area contributed by atoms with Crippen molar-refractivity contribution in [2.75, 3.05) is 23.7 Å². The lowest BCUT2D eigenvalue weighted by atomic mass is 10.1. The van der Waals surface area contributed by atoms with E-state index in [-0.39, 0.29) is 18.4 Å². The Kier molecular flexibility index (Phi) is 10.3. The van der Waals surface area contributed by atoms with Gasteiger partial charge in [-0.05, 0) is 55.5 Å². The van der Waals surface area contributed by atoms with Crippen molar-refractivity contribution in [2.45, 2.75) is 53.6 Å². The number of nitrogens with zero attached hydrogens (tertiary/aromatic N) is 2. The Labute approximate surface area is 218 Å². The van der Waals surface area contributed by atoms with E-state index in [0.717, 1.165) is 31.7 Å². The third-order valence-electron chi connectivity index (χ3n) is 5.65. The standard InChI is InChI=1S/C26H36BrN3O4S/c1-7-24(26(32)28-15-18(2)3)29(16-21-10-8-19(4)9-11-21)25(31)17-30(35(6,33)34)22-12-13-23(27)20(5)14-22/h8-14,18,24H,7,15-17H2,1-6H3,(H,28,32)/t24-/m1/s1. The number of aryl methyl sites for hydroxylation is 2. The molecule has 2 amide bonds. The van der Waals surface area contributed by atoms with Gasteiger partial charge in [-0.2, -0.15) is 0 Å². The molecule has 192 valence electrons. The molecule has 0 aliphatic rings. The van der Waals surface area contributed by atoms with E-state index in [0.29, 0.717) is 18.7 Å². The van der Waals surface area contributed by atoms with E-state index in [2.05, 4.69) is 21.2 Å². The average Bonchev–Trinajstić information content (AvgIpc) is 2.78. The molecule has 0 fully saturated rings. The smallest absolute Gasteiger partial charge is 0.244 e. The summed E-state index contributed by atoms with van der Waals surface area (Å²) < 4.78 is 27.3. The van der Waals surface area contributed by atoms with Crippen LogP contribution >= 0.6 is 15.9 Å². The zero-order chi connectivity index (χ0) is 26.3. The first kappa shape index (κ1) is 28.8. The Balaban J connectivity index is 2.43. The van der Waals surface area contributed by atoms with E-state index in [4.69, 9.17) is 0 Å². The Bertz CT molecular complexity index is 1130. The second-order valence-electron chi connectivity index (χ2n) is 9.27. The van der Waals surface area contributed by atoms with Crippen molar-refractivity contribution in [1.29, 1.82) is 0 Å². The molecule has 0 aromatic heterocycles. The van der Waals surface area contributed by atoms with Gasteiger partial charge < -0.3 is 10.2 Å². The number of rotatable bonds is 11. The monoisotopic (exact) mass is 565 g/mol. The fraction of sp³-hybridized carbons (Fsp3) is 0.462. The molecule has 0 bridgehead atoms. The molecule has 7 nitrogen and oxygen atoms in total. The lowest BCUT2D eigenvalue weighted by molar-refractivity contribution is -0.140. The number of hydrogen-bond donors (Lipinski definition) is 1. The minimum atomic E-state index is -3.76. The zero-order valence-corrected chi connectivity index (χ0v) is 23.7. The first-order valence-corrected chi connectivity index (χ1v) is 14.3. The third-order valence-corrected chi connectivity index (χ3v) is 7.68. The van der Waals surface area contributed by atoms with Crippen LogP contribution in [-0.4, -0.2) is 50.5 Å². The predicted molar refractivity (Wildman–Crippen MR) is 145 cm³/mol. The van der Waals surface area contributed by atoms with Gasteiger partial charge in [0.15, 0.2) is 0 Å². The first-order valence-electron chi connectivity index (χ1n) is 11.7. The second kappa shape index (κ2) is 12.5. The van der Waals surface area contributed by atoms with Crippen molar-refractivity contribution in [1.82, 2.24) is 10.2 Å². The quantitative estimate of drug-likeness (QED) is 0.437. The van der Waals surface area contributed by atoms with Crippen LogP contribution in [0.5, 0.6) is 0 Å². The Morgan fingerprint density at radius 2 is 1.69 bits per heavy atom. The molecule has 2 rings (SSSR count). The van der Waals surface area contributed by atoms with Crippen LogP contribution in [0.3, 0.4) is 0 Å². The zero-order valence-electron chi connectivity index (χ0n) is 21.3. The molecule has 0 radical (unpaired) electrons. The number of nitrogens with one attached hydrogen (secondary N) is 1. The van der Waals surface area contributed by atoms with Crippen LogP contribution in [-0.2, 0) is 26.2 Å². The van der Waals surface area contributed by atoms with Gasteiger partial charge in [0.2, 0.25) is 21.8 Å². The summed E-state index contributed by atoms with van der Waals surface area (Å²) in [5.41, 5.74) is 3.19. The molecular weight excluding hydrogens is 530 g/mol. The summed E-state index contributed by atoms with van der Waals surface area (Å²) in [6.07, 6.45) is 1.48. The van der Waals surface area contributed by atoms with Crippen LogP contribution in [0.15, 0.2) is 46.9 Å². The van der Waals surface area contributed by atoms with Crippen molar-refractivity contribution in [2.24, 2.45) is 5.92 Å². The van der Waals surface area contributed by atoms with Crippen molar-refractivity contribution in [3.63, 3.8) is 0 Å². The molecular formula is C26H36BrN3O4S. The van der Waals surface area contributed by atoms with Crippen LogP contribution in [0.25, 0.3) is 0 Å². The molecule has 2 aromatic carbocycles. The van der Waals surface area contributed by atoms with Gasteiger partial charge in [-0.1, -0.05) is 66.5 Å². The van der Waals surface area contributed by atoms with Gasteiger partial charge in [0.1, 0.15) is 12.6 Å². The van der Waals surface area contributed by atoms with E-state index < -0.39 is 28.5 Å². The molecule has 0 unspecified atom stereocenters. The van der Waals surface area contributed by atoms with Crippen LogP contribution in [0.1, 0.15) is 43.9 Å². The minimum absolute atomic E-state index is 0.198. The van der Waals surface area contributed by atoms with Crippen LogP contribution < -0.4 is 9.62 Å². The van der Waals surface area contributed by atoms with Crippen molar-refractivity contribution < 1.29 is 18.0 Å². The van der Waals surface area contributed by atoms with E-state index in [1.165, 1.54) is 4.90 Å². The summed E-state index contributed by atoms with van der Waals surface area (Å²) in [5, 5.41) is 2.92. The molecule has 0 spiro atoms. The number of carbonyl (C=O) groups is 2. The minimum Gasteiger partial charge on any atom is -0.354 e. The highest BCUT2D eigenvalue weighted by molar-refractivity contribution is 9.10. The Morgan fingerprint density at radius 1 is 1.06 bits per heavy atom. The molecule has 35 heavy (non-hydrogen) atoms. The van der Waals surface area contributed by atoms with E-state index >= 15 is 0 Å². The number of hydrogen-bond acceptors (Lipinski definition) is 4. The molecule has 1 N–H and O–H groups in total. The molecule has 2 aromatic rings. The summed E-state index contributed by atoms with van der Waals surface area (Å²) in [5.74, 6) is -0.422. The van der Waals surface area contributed by atoms with Gasteiger partial charge >= 0.3 is 0 Å². The Hall–Kier alpha value is -2.39. The van der Waals surface area contributed by atoms with Crippen molar-refractivity contribution in [3.8, 4) is 0 Å². The summed E-state index contributed by atoms with van der Waals surface area (Å²) in [6.45, 7) is 9.97. The number of benzene rings is 2. The molecule has 0 heterocycles. The number of carbonyl (C=O) groups excluding carboxylic acids is 2. The van der Waals surface area contributed by atoms with Gasteiger partial charge in [0, 0.05) is 17.6 Å². The van der Waals surface area contributed by atoms with Gasteiger partial charge in [-0.25, -0.2) is 8.42 Å². The summed E-state index contributed by atoms with van der Waals surface area (Å²) in [4.78, 5) is 28.2. The van der Waals surface area contributed by atoms with E-state index in [9.17, 15) is 18.0 Å². The largest absolute Gasteiger partial charge is 0.354 e. The van der Waals surface area contributed by atoms with E-state index in [1.54, 1.807) is 18.2 Å². The average molecular weight is 567 g/mol. The third kappa shape index (κ3) is 8.35. The number of amides is 2. The normalized spacial score (nSPS) is 12.3. The highest BCUT2D eigenvalue weighted by Crippen LogP contribution is 2.25. The molecule has 0 aliphatic carbocycles.